The van der Waals surface area contributed by atoms with Crippen LogP contribution in [0.2, 0.25) is 0 Å². The lowest BCUT2D eigenvalue weighted by molar-refractivity contribution is 0.151. The van der Waals surface area contributed by atoms with Crippen molar-refractivity contribution in [2.75, 3.05) is 18.4 Å². The number of hydrogen-bond donors (Lipinski definition) is 2. The van der Waals surface area contributed by atoms with Crippen molar-refractivity contribution >= 4 is 79.1 Å². The van der Waals surface area contributed by atoms with Crippen LogP contribution in [0.25, 0.3) is 16.6 Å². The summed E-state index contributed by atoms with van der Waals surface area (Å²) in [5.74, 6) is 0.575. The van der Waals surface area contributed by atoms with Crippen LogP contribution in [-0.4, -0.2) is 33.7 Å². The molecule has 0 aliphatic carbocycles. The molecule has 2 atom stereocenters. The number of piperidine rings is 1. The van der Waals surface area contributed by atoms with Crippen molar-refractivity contribution in [2.45, 2.75) is 50.5 Å². The number of halogens is 2. The lowest BCUT2D eigenvalue weighted by Crippen LogP contribution is -2.38. The van der Waals surface area contributed by atoms with Gasteiger partial charge in [0, 0.05) is 30.5 Å². The number of aromatic nitrogens is 1. The molecule has 0 saturated carbocycles. The molecule has 3 aromatic rings. The molecule has 2 aromatic carbocycles. The number of benzene rings is 2. The lowest BCUT2D eigenvalue weighted by atomic mass is 9.90. The van der Waals surface area contributed by atoms with Gasteiger partial charge in [-0.3, -0.25) is 0 Å². The molecule has 2 aliphatic rings. The van der Waals surface area contributed by atoms with Gasteiger partial charge in [-0.15, -0.1) is 0 Å². The van der Waals surface area contributed by atoms with Crippen molar-refractivity contribution in [3.8, 4) is 5.69 Å². The highest BCUT2D eigenvalue weighted by Gasteiger charge is 2.29. The number of anilines is 1. The van der Waals surface area contributed by atoms with Crippen molar-refractivity contribution in [1.82, 2.24) is 9.47 Å². The van der Waals surface area contributed by atoms with E-state index in [1.54, 1.807) is 0 Å². The van der Waals surface area contributed by atoms with Gasteiger partial charge in [-0.1, -0.05) is 6.42 Å². The number of nitrogens with zero attached hydrogens (tertiary/aromatic N) is 2. The Morgan fingerprint density at radius 1 is 1.00 bits per heavy atom. The molecule has 3 heterocycles. The molecule has 2 aliphatic heterocycles. The van der Waals surface area contributed by atoms with Crippen molar-refractivity contribution in [2.24, 2.45) is 5.73 Å². The third-order valence-corrected chi connectivity index (χ3v) is 8.71. The van der Waals surface area contributed by atoms with Crippen molar-refractivity contribution in [3.63, 3.8) is 0 Å². The number of nitrogens with one attached hydrogen (secondary N) is 1. The van der Waals surface area contributed by atoms with Gasteiger partial charge >= 0.3 is 0 Å². The van der Waals surface area contributed by atoms with Gasteiger partial charge in [0.2, 0.25) is 0 Å². The van der Waals surface area contributed by atoms with E-state index in [9.17, 15) is 0 Å². The summed E-state index contributed by atoms with van der Waals surface area (Å²) in [7, 11) is 0. The largest absolute Gasteiger partial charge is 0.376 e. The second-order valence-corrected chi connectivity index (χ2v) is 11.9. The molecule has 0 bridgehead atoms. The quantitative estimate of drug-likeness (QED) is 0.243. The highest BCUT2D eigenvalue weighted by atomic mass is 127. The van der Waals surface area contributed by atoms with Crippen LogP contribution in [0.15, 0.2) is 42.6 Å². The third kappa shape index (κ3) is 4.67. The summed E-state index contributed by atoms with van der Waals surface area (Å²) >= 11 is 9.94. The molecule has 3 N–H and O–H groups in total. The van der Waals surface area contributed by atoms with Gasteiger partial charge in [-0.05, 0) is 150 Å². The maximum atomic E-state index is 5.78. The molecule has 7 heteroatoms. The molecule has 168 valence electrons. The van der Waals surface area contributed by atoms with Crippen LogP contribution < -0.4 is 11.1 Å². The Kier molecular flexibility index (Phi) is 6.97. The van der Waals surface area contributed by atoms with Crippen molar-refractivity contribution in [1.29, 1.82) is 0 Å². The van der Waals surface area contributed by atoms with E-state index in [-0.39, 0.29) is 0 Å². The molecule has 2 fully saturated rings. The Balaban J connectivity index is 1.59. The zero-order chi connectivity index (χ0) is 22.2. The predicted octanol–water partition coefficient (Wildman–Crippen LogP) is 6.62. The zero-order valence-corrected chi connectivity index (χ0v) is 23.1. The topological polar surface area (TPSA) is 46.2 Å². The molecule has 0 amide bonds. The van der Waals surface area contributed by atoms with Crippen LogP contribution in [0.1, 0.15) is 50.0 Å². The van der Waals surface area contributed by atoms with Gasteiger partial charge in [0.15, 0.2) is 5.11 Å². The summed E-state index contributed by atoms with van der Waals surface area (Å²) in [6, 6.07) is 14.0. The smallest absolute Gasteiger partial charge is 0.168 e. The minimum absolute atomic E-state index is 0.309. The van der Waals surface area contributed by atoms with E-state index in [1.165, 1.54) is 80.9 Å². The molecule has 5 rings (SSSR count). The summed E-state index contributed by atoms with van der Waals surface area (Å²) in [5.41, 5.74) is 10.7. The first-order valence-electron chi connectivity index (χ1n) is 11.4. The highest BCUT2D eigenvalue weighted by Crippen LogP contribution is 2.39. The molecule has 0 radical (unpaired) electrons. The zero-order valence-electron chi connectivity index (χ0n) is 18.0. The van der Waals surface area contributed by atoms with Crippen LogP contribution in [0.4, 0.5) is 5.69 Å². The summed E-state index contributed by atoms with van der Waals surface area (Å²) in [5, 5.41) is 4.76. The number of hydrogen-bond acceptors (Lipinski definition) is 2. The monoisotopic (exact) mass is 670 g/mol. The highest BCUT2D eigenvalue weighted by molar-refractivity contribution is 14.1. The molecule has 2 saturated heterocycles. The van der Waals surface area contributed by atoms with E-state index in [1.807, 2.05) is 0 Å². The SMILES string of the molecule is NC(=S)Nc1ccc2c(c1)c(C1CCC3CCCCN3CC1)cn2-c1ccc(I)cc1I. The van der Waals surface area contributed by atoms with Gasteiger partial charge in [0.05, 0.1) is 11.2 Å². The summed E-state index contributed by atoms with van der Waals surface area (Å²) in [6.07, 6.45) is 10.3. The van der Waals surface area contributed by atoms with E-state index < -0.39 is 0 Å². The van der Waals surface area contributed by atoms with E-state index in [0.717, 1.165) is 11.7 Å². The van der Waals surface area contributed by atoms with Crippen LogP contribution >= 0.6 is 57.4 Å². The fourth-order valence-corrected chi connectivity index (χ4v) is 7.51. The van der Waals surface area contributed by atoms with E-state index in [4.69, 9.17) is 18.0 Å². The molecule has 0 spiro atoms. The molecule has 2 unspecified atom stereocenters. The first-order valence-corrected chi connectivity index (χ1v) is 14.0. The average molecular weight is 670 g/mol. The number of fused-ring (bicyclic) bond motifs is 2. The average Bonchev–Trinajstić information content (AvgIpc) is 2.98. The van der Waals surface area contributed by atoms with Crippen molar-refractivity contribution in [3.05, 3.63) is 55.3 Å². The van der Waals surface area contributed by atoms with Crippen molar-refractivity contribution < 1.29 is 0 Å². The fraction of sp³-hybridized carbons (Fsp3) is 0.400. The van der Waals surface area contributed by atoms with Gasteiger partial charge in [0.25, 0.3) is 0 Å². The summed E-state index contributed by atoms with van der Waals surface area (Å²) in [4.78, 5) is 2.75. The van der Waals surface area contributed by atoms with Gasteiger partial charge in [-0.2, -0.15) is 0 Å². The Morgan fingerprint density at radius 3 is 2.69 bits per heavy atom. The molecular weight excluding hydrogens is 642 g/mol. The first-order chi connectivity index (χ1) is 15.5. The Labute approximate surface area is 222 Å². The van der Waals surface area contributed by atoms with E-state index in [2.05, 4.69) is 103 Å². The number of rotatable bonds is 3. The number of nitrogens with two attached hydrogens (primary N) is 1. The minimum Gasteiger partial charge on any atom is -0.376 e. The van der Waals surface area contributed by atoms with Crippen LogP contribution in [0.5, 0.6) is 0 Å². The Morgan fingerprint density at radius 2 is 1.88 bits per heavy atom. The van der Waals surface area contributed by atoms with E-state index in [0.29, 0.717) is 11.0 Å². The number of thiocarbonyl (C=S) groups is 1. The molecule has 1 aromatic heterocycles. The summed E-state index contributed by atoms with van der Waals surface area (Å²) < 4.78 is 4.91. The Hall–Kier alpha value is -0.910. The lowest BCUT2D eigenvalue weighted by Gasteiger charge is -2.33. The second kappa shape index (κ2) is 9.76. The van der Waals surface area contributed by atoms with Gasteiger partial charge in [0.1, 0.15) is 0 Å². The second-order valence-electron chi connectivity index (χ2n) is 9.02. The van der Waals surface area contributed by atoms with Crippen LogP contribution in [-0.2, 0) is 0 Å². The predicted molar refractivity (Wildman–Crippen MR) is 155 cm³/mol. The minimum atomic E-state index is 0.309. The van der Waals surface area contributed by atoms with Gasteiger partial charge < -0.3 is 20.5 Å². The molecule has 32 heavy (non-hydrogen) atoms. The molecular formula is C25H28I2N4S. The maximum Gasteiger partial charge on any atom is 0.168 e. The van der Waals surface area contributed by atoms with Gasteiger partial charge in [-0.25, -0.2) is 0 Å². The normalized spacial score (nSPS) is 21.8. The first kappa shape index (κ1) is 22.9. The maximum absolute atomic E-state index is 5.78. The summed E-state index contributed by atoms with van der Waals surface area (Å²) in [6.45, 7) is 2.50. The van der Waals surface area contributed by atoms with Crippen LogP contribution in [0, 0.1) is 7.14 Å². The van der Waals surface area contributed by atoms with Crippen LogP contribution in [0.3, 0.4) is 0 Å². The van der Waals surface area contributed by atoms with E-state index >= 15 is 0 Å². The Bertz CT molecular complexity index is 1140. The third-order valence-electron chi connectivity index (χ3n) is 7.07. The molecule has 4 nitrogen and oxygen atoms in total. The fourth-order valence-electron chi connectivity index (χ4n) is 5.53. The standard InChI is InChI=1S/C25H28I2N4S/c26-17-5-8-24(22(27)13-17)31-15-21(20-14-18(29-25(28)32)6-9-23(20)31)16-4-7-19-3-1-2-11-30(19)12-10-16/h5-6,8-9,13-16,19H,1-4,7,10-12H2,(H3,28,29,32).